The summed E-state index contributed by atoms with van der Waals surface area (Å²) in [5, 5.41) is 17.9. The zero-order valence-electron chi connectivity index (χ0n) is 10.2. The summed E-state index contributed by atoms with van der Waals surface area (Å²) in [6.07, 6.45) is 2.40. The molecule has 0 saturated heterocycles. The lowest BCUT2D eigenvalue weighted by Gasteiger charge is -2.19. The number of unbranched alkanes of at least 4 members (excludes halogenated alkanes) is 2. The number of aliphatic hydroxyl groups is 1. The highest BCUT2D eigenvalue weighted by Crippen LogP contribution is 2.01. The van der Waals surface area contributed by atoms with Crippen molar-refractivity contribution in [2.75, 3.05) is 33.9 Å². The summed E-state index contributed by atoms with van der Waals surface area (Å²) >= 11 is 0. The number of likely N-dealkylation sites (N-methyl/N-ethyl adjacent to an activating group) is 1. The minimum absolute atomic E-state index is 0.246. The summed E-state index contributed by atoms with van der Waals surface area (Å²) < 4.78 is 4.83. The molecule has 0 aromatic rings. The van der Waals surface area contributed by atoms with Crippen molar-refractivity contribution in [3.05, 3.63) is 0 Å². The first kappa shape index (κ1) is 15.3. The van der Waals surface area contributed by atoms with Gasteiger partial charge in [0.1, 0.15) is 0 Å². The van der Waals surface area contributed by atoms with Gasteiger partial charge in [-0.3, -0.25) is 4.79 Å². The Bertz CT molecular complexity index is 187. The Hall–Kier alpha value is -0.650. The van der Waals surface area contributed by atoms with Crippen LogP contribution in [0.4, 0.5) is 0 Å². The fourth-order valence-corrected chi connectivity index (χ4v) is 1.53. The van der Waals surface area contributed by atoms with Crippen molar-refractivity contribution in [1.29, 1.82) is 0 Å². The van der Waals surface area contributed by atoms with E-state index in [1.54, 1.807) is 7.11 Å². The summed E-state index contributed by atoms with van der Waals surface area (Å²) in [6, 6.07) is 0. The Morgan fingerprint density at radius 1 is 1.38 bits per heavy atom. The van der Waals surface area contributed by atoms with Gasteiger partial charge in [0, 0.05) is 20.1 Å². The Morgan fingerprint density at radius 2 is 2.06 bits per heavy atom. The highest BCUT2D eigenvalue weighted by atomic mass is 16.5. The van der Waals surface area contributed by atoms with Crippen LogP contribution >= 0.6 is 0 Å². The van der Waals surface area contributed by atoms with Gasteiger partial charge in [0.05, 0.1) is 12.7 Å². The lowest BCUT2D eigenvalue weighted by molar-refractivity contribution is -0.137. The van der Waals surface area contributed by atoms with Crippen LogP contribution in [0.15, 0.2) is 0 Å². The predicted octanol–water partition coefficient (Wildman–Crippen LogP) is 0.570. The molecule has 0 aliphatic carbocycles. The Kier molecular flexibility index (Phi) is 9.18. The molecular weight excluding hydrogens is 210 g/mol. The molecule has 96 valence electrons. The summed E-state index contributed by atoms with van der Waals surface area (Å²) in [6.45, 7) is 1.82. The van der Waals surface area contributed by atoms with Gasteiger partial charge < -0.3 is 19.8 Å². The molecule has 16 heavy (non-hydrogen) atoms. The molecule has 0 amide bonds. The molecule has 0 saturated carbocycles. The zero-order valence-corrected chi connectivity index (χ0v) is 10.2. The number of rotatable bonds is 10. The van der Waals surface area contributed by atoms with Gasteiger partial charge in [-0.15, -0.1) is 0 Å². The molecular formula is C11H23NO4. The monoisotopic (exact) mass is 233 g/mol. The molecule has 0 aliphatic rings. The number of hydrogen-bond donors (Lipinski definition) is 2. The fourth-order valence-electron chi connectivity index (χ4n) is 1.53. The van der Waals surface area contributed by atoms with Gasteiger partial charge in [-0.2, -0.15) is 0 Å². The lowest BCUT2D eigenvalue weighted by atomic mass is 10.2. The maximum absolute atomic E-state index is 10.3. The van der Waals surface area contributed by atoms with Gasteiger partial charge in [0.2, 0.25) is 0 Å². The van der Waals surface area contributed by atoms with Crippen LogP contribution in [0, 0.1) is 0 Å². The summed E-state index contributed by atoms with van der Waals surface area (Å²) in [4.78, 5) is 12.3. The number of hydrogen-bond acceptors (Lipinski definition) is 4. The molecule has 0 aliphatic heterocycles. The normalized spacial score (nSPS) is 13.0. The molecule has 0 bridgehead atoms. The van der Waals surface area contributed by atoms with Crippen molar-refractivity contribution in [2.24, 2.45) is 0 Å². The van der Waals surface area contributed by atoms with E-state index in [0.717, 1.165) is 25.8 Å². The number of methoxy groups -OCH3 is 1. The molecule has 1 unspecified atom stereocenters. The Balaban J connectivity index is 3.36. The third-order valence-corrected chi connectivity index (χ3v) is 2.31. The summed E-state index contributed by atoms with van der Waals surface area (Å²) in [7, 11) is 3.51. The van der Waals surface area contributed by atoms with E-state index >= 15 is 0 Å². The highest BCUT2D eigenvalue weighted by molar-refractivity contribution is 5.66. The number of carboxylic acid groups (broad SMARTS) is 1. The maximum Gasteiger partial charge on any atom is 0.303 e. The van der Waals surface area contributed by atoms with Gasteiger partial charge in [-0.25, -0.2) is 0 Å². The van der Waals surface area contributed by atoms with Crippen LogP contribution in [0.5, 0.6) is 0 Å². The zero-order chi connectivity index (χ0) is 12.4. The van der Waals surface area contributed by atoms with E-state index in [1.807, 2.05) is 11.9 Å². The van der Waals surface area contributed by atoms with E-state index in [4.69, 9.17) is 9.84 Å². The topological polar surface area (TPSA) is 70.0 Å². The molecule has 1 atom stereocenters. The second-order valence-electron chi connectivity index (χ2n) is 4.08. The molecule has 0 fully saturated rings. The largest absolute Gasteiger partial charge is 0.481 e. The average molecular weight is 233 g/mol. The number of aliphatic hydroxyl groups excluding tert-OH is 1. The first-order valence-electron chi connectivity index (χ1n) is 5.63. The van der Waals surface area contributed by atoms with Gasteiger partial charge in [0.15, 0.2) is 0 Å². The van der Waals surface area contributed by atoms with Crippen LogP contribution < -0.4 is 0 Å². The number of nitrogens with zero attached hydrogens (tertiary/aromatic N) is 1. The summed E-state index contributed by atoms with van der Waals surface area (Å²) in [5.74, 6) is -0.733. The molecule has 2 N–H and O–H groups in total. The van der Waals surface area contributed by atoms with Gasteiger partial charge in [-0.1, -0.05) is 6.42 Å². The minimum Gasteiger partial charge on any atom is -0.481 e. The van der Waals surface area contributed by atoms with E-state index in [0.29, 0.717) is 13.2 Å². The van der Waals surface area contributed by atoms with Crippen LogP contribution in [0.1, 0.15) is 25.7 Å². The van der Waals surface area contributed by atoms with Gasteiger partial charge in [-0.05, 0) is 26.4 Å². The van der Waals surface area contributed by atoms with Crippen LogP contribution in [0.3, 0.4) is 0 Å². The van der Waals surface area contributed by atoms with E-state index in [-0.39, 0.29) is 6.42 Å². The smallest absolute Gasteiger partial charge is 0.303 e. The van der Waals surface area contributed by atoms with E-state index in [1.165, 1.54) is 0 Å². The van der Waals surface area contributed by atoms with E-state index in [9.17, 15) is 9.90 Å². The SMILES string of the molecule is COCC(O)CN(C)CCCCCC(=O)O. The van der Waals surface area contributed by atoms with E-state index in [2.05, 4.69) is 0 Å². The van der Waals surface area contributed by atoms with Gasteiger partial charge >= 0.3 is 5.97 Å². The van der Waals surface area contributed by atoms with Gasteiger partial charge in [0.25, 0.3) is 0 Å². The van der Waals surface area contributed by atoms with Crippen molar-refractivity contribution >= 4 is 5.97 Å². The Labute approximate surface area is 97.0 Å². The van der Waals surface area contributed by atoms with Crippen LogP contribution in [0.25, 0.3) is 0 Å². The molecule has 0 aromatic carbocycles. The number of ether oxygens (including phenoxy) is 1. The molecule has 0 aromatic heterocycles. The number of carbonyl (C=O) groups is 1. The lowest BCUT2D eigenvalue weighted by Crippen LogP contribution is -2.32. The van der Waals surface area contributed by atoms with Crippen molar-refractivity contribution < 1.29 is 19.7 Å². The first-order valence-corrected chi connectivity index (χ1v) is 5.63. The quantitative estimate of drug-likeness (QED) is 0.540. The highest BCUT2D eigenvalue weighted by Gasteiger charge is 2.07. The second kappa shape index (κ2) is 9.57. The Morgan fingerprint density at radius 3 is 2.62 bits per heavy atom. The molecule has 5 nitrogen and oxygen atoms in total. The van der Waals surface area contributed by atoms with Crippen LogP contribution in [0.2, 0.25) is 0 Å². The second-order valence-corrected chi connectivity index (χ2v) is 4.08. The van der Waals surface area contributed by atoms with Crippen molar-refractivity contribution in [3.8, 4) is 0 Å². The third kappa shape index (κ3) is 9.89. The molecule has 0 heterocycles. The first-order chi connectivity index (χ1) is 7.56. The number of aliphatic carboxylic acids is 1. The molecule has 5 heteroatoms. The molecule has 0 spiro atoms. The minimum atomic E-state index is -0.733. The standard InChI is InChI=1S/C11H23NO4/c1-12(8-10(13)9-16-2)7-5-3-4-6-11(14)15/h10,13H,3-9H2,1-2H3,(H,14,15). The average Bonchev–Trinajstić information content (AvgIpc) is 2.16. The fraction of sp³-hybridized carbons (Fsp3) is 0.909. The maximum atomic E-state index is 10.3. The van der Waals surface area contributed by atoms with Crippen molar-refractivity contribution in [1.82, 2.24) is 4.90 Å². The van der Waals surface area contributed by atoms with Crippen LogP contribution in [-0.4, -0.2) is 61.0 Å². The van der Waals surface area contributed by atoms with Crippen molar-refractivity contribution in [3.63, 3.8) is 0 Å². The third-order valence-electron chi connectivity index (χ3n) is 2.31. The van der Waals surface area contributed by atoms with Crippen molar-refractivity contribution in [2.45, 2.75) is 31.8 Å². The molecule has 0 rings (SSSR count). The van der Waals surface area contributed by atoms with E-state index < -0.39 is 12.1 Å². The summed E-state index contributed by atoms with van der Waals surface area (Å²) in [5.41, 5.74) is 0. The molecule has 0 radical (unpaired) electrons. The number of carboxylic acids is 1. The predicted molar refractivity (Wildman–Crippen MR) is 61.5 cm³/mol. The van der Waals surface area contributed by atoms with Crippen LogP contribution in [-0.2, 0) is 9.53 Å².